The first kappa shape index (κ1) is 34.9. The quantitative estimate of drug-likeness (QED) is 0.120. The molecule has 4 N–H and O–H groups in total. The number of rotatable bonds is 14. The highest BCUT2D eigenvalue weighted by molar-refractivity contribution is 5.93. The topological polar surface area (TPSA) is 146 Å². The Labute approximate surface area is 243 Å². The molecule has 1 heterocycles. The standard InChI is InChI=1S/C31H45N3O7/c1-8-9-14-23(40-30(32)38)15-12-19-33-28(36)27(31(4,5)6)34-26(35)16-11-10-13-21(2)20-22(3)24-17-18-25(39-7)29(37)41-24/h8-13,16,18-20,22-24,27H,14-15,17H2,1-7H3,(H2,32,38)(H,33,36)(H,34,35)/b9-8-,13-10-,16-11-,19-12-,21-20+/t22-,23?,24-,27?/m0/s1. The lowest BCUT2D eigenvalue weighted by Gasteiger charge is -2.29. The van der Waals surface area contributed by atoms with Crippen LogP contribution in [0.3, 0.4) is 0 Å². The maximum atomic E-state index is 12.8. The Morgan fingerprint density at radius 2 is 1.83 bits per heavy atom. The molecule has 1 rings (SSSR count). The molecule has 1 aliphatic heterocycles. The predicted octanol–water partition coefficient (Wildman–Crippen LogP) is 4.51. The highest BCUT2D eigenvalue weighted by atomic mass is 16.6. The largest absolute Gasteiger partial charge is 0.490 e. The van der Waals surface area contributed by atoms with Gasteiger partial charge in [0.1, 0.15) is 18.2 Å². The molecule has 0 aromatic heterocycles. The van der Waals surface area contributed by atoms with Crippen LogP contribution in [0.4, 0.5) is 4.79 Å². The Hall–Kier alpha value is -4.08. The molecular weight excluding hydrogens is 526 g/mol. The van der Waals surface area contributed by atoms with Gasteiger partial charge >= 0.3 is 12.1 Å². The van der Waals surface area contributed by atoms with Crippen LogP contribution in [0, 0.1) is 11.3 Å². The number of hydrogen-bond acceptors (Lipinski definition) is 7. The van der Waals surface area contributed by atoms with Crippen molar-refractivity contribution in [3.05, 3.63) is 72.2 Å². The van der Waals surface area contributed by atoms with Gasteiger partial charge < -0.3 is 30.6 Å². The molecule has 4 atom stereocenters. The summed E-state index contributed by atoms with van der Waals surface area (Å²) in [6.07, 6.45) is 16.9. The second kappa shape index (κ2) is 17.6. The Kier molecular flexibility index (Phi) is 15.0. The smallest absolute Gasteiger partial charge is 0.404 e. The van der Waals surface area contributed by atoms with E-state index in [-0.39, 0.29) is 23.7 Å². The molecule has 0 radical (unpaired) electrons. The van der Waals surface area contributed by atoms with Crippen molar-refractivity contribution in [3.8, 4) is 0 Å². The van der Waals surface area contributed by atoms with Gasteiger partial charge in [0, 0.05) is 31.3 Å². The first-order chi connectivity index (χ1) is 19.3. The van der Waals surface area contributed by atoms with E-state index < -0.39 is 35.5 Å². The summed E-state index contributed by atoms with van der Waals surface area (Å²) in [5.41, 5.74) is 5.50. The van der Waals surface area contributed by atoms with Crippen LogP contribution in [-0.4, -0.2) is 49.2 Å². The fourth-order valence-electron chi connectivity index (χ4n) is 3.92. The summed E-state index contributed by atoms with van der Waals surface area (Å²) in [5, 5.41) is 5.44. The van der Waals surface area contributed by atoms with Crippen LogP contribution in [0.15, 0.2) is 72.2 Å². The number of amides is 3. The molecule has 0 bridgehead atoms. The predicted molar refractivity (Wildman–Crippen MR) is 158 cm³/mol. The number of nitrogens with one attached hydrogen (secondary N) is 2. The molecular formula is C31H45N3O7. The van der Waals surface area contributed by atoms with Crippen LogP contribution in [-0.2, 0) is 28.6 Å². The van der Waals surface area contributed by atoms with Crippen molar-refractivity contribution in [2.24, 2.45) is 17.1 Å². The lowest BCUT2D eigenvalue weighted by molar-refractivity contribution is -0.151. The highest BCUT2D eigenvalue weighted by Gasteiger charge is 2.32. The number of allylic oxidation sites excluding steroid dienone is 5. The summed E-state index contributed by atoms with van der Waals surface area (Å²) < 4.78 is 15.5. The summed E-state index contributed by atoms with van der Waals surface area (Å²) in [6, 6.07) is -0.803. The number of primary amides is 1. The van der Waals surface area contributed by atoms with Crippen LogP contribution < -0.4 is 16.4 Å². The first-order valence-corrected chi connectivity index (χ1v) is 13.6. The summed E-state index contributed by atoms with van der Waals surface area (Å²) in [5.74, 6) is -1.05. The van der Waals surface area contributed by atoms with Crippen LogP contribution in [0.25, 0.3) is 0 Å². The highest BCUT2D eigenvalue weighted by Crippen LogP contribution is 2.23. The number of hydrogen-bond donors (Lipinski definition) is 3. The molecule has 1 aliphatic rings. The Balaban J connectivity index is 2.69. The summed E-state index contributed by atoms with van der Waals surface area (Å²) >= 11 is 0. The molecule has 0 saturated carbocycles. The van der Waals surface area contributed by atoms with Crippen molar-refractivity contribution in [2.75, 3.05) is 7.11 Å². The maximum Gasteiger partial charge on any atom is 0.404 e. The zero-order valence-electron chi connectivity index (χ0n) is 25.1. The average molecular weight is 572 g/mol. The minimum Gasteiger partial charge on any atom is -0.490 e. The molecule has 41 heavy (non-hydrogen) atoms. The van der Waals surface area contributed by atoms with Crippen molar-refractivity contribution < 1.29 is 33.4 Å². The van der Waals surface area contributed by atoms with Crippen molar-refractivity contribution in [1.29, 1.82) is 0 Å². The van der Waals surface area contributed by atoms with E-state index in [1.54, 1.807) is 24.3 Å². The molecule has 2 unspecified atom stereocenters. The minimum absolute atomic E-state index is 0.0135. The normalized spacial score (nSPS) is 18.7. The summed E-state index contributed by atoms with van der Waals surface area (Å²) in [7, 11) is 1.44. The third-order valence-corrected chi connectivity index (χ3v) is 6.12. The van der Waals surface area contributed by atoms with E-state index in [0.29, 0.717) is 19.3 Å². The average Bonchev–Trinajstić information content (AvgIpc) is 2.89. The molecule has 0 aromatic rings. The molecule has 0 fully saturated rings. The third-order valence-electron chi connectivity index (χ3n) is 6.12. The van der Waals surface area contributed by atoms with E-state index in [9.17, 15) is 19.2 Å². The van der Waals surface area contributed by atoms with E-state index in [1.807, 2.05) is 65.8 Å². The Morgan fingerprint density at radius 3 is 2.41 bits per heavy atom. The molecule has 0 aliphatic carbocycles. The molecule has 10 heteroatoms. The van der Waals surface area contributed by atoms with Crippen molar-refractivity contribution in [2.45, 2.75) is 79.1 Å². The number of esters is 1. The van der Waals surface area contributed by atoms with Gasteiger partial charge in [0.25, 0.3) is 0 Å². The van der Waals surface area contributed by atoms with E-state index in [4.69, 9.17) is 19.9 Å². The molecule has 10 nitrogen and oxygen atoms in total. The van der Waals surface area contributed by atoms with Gasteiger partial charge in [-0.2, -0.15) is 0 Å². The zero-order valence-corrected chi connectivity index (χ0v) is 25.1. The van der Waals surface area contributed by atoms with Crippen molar-refractivity contribution in [3.63, 3.8) is 0 Å². The minimum atomic E-state index is -0.859. The maximum absolute atomic E-state index is 12.8. The molecule has 3 amide bonds. The van der Waals surface area contributed by atoms with E-state index in [1.165, 1.54) is 19.4 Å². The van der Waals surface area contributed by atoms with Gasteiger partial charge in [-0.05, 0) is 31.5 Å². The molecule has 0 aromatic carbocycles. The van der Waals surface area contributed by atoms with E-state index in [0.717, 1.165) is 5.57 Å². The first-order valence-electron chi connectivity index (χ1n) is 13.6. The fourth-order valence-corrected chi connectivity index (χ4v) is 3.92. The van der Waals surface area contributed by atoms with Gasteiger partial charge in [-0.25, -0.2) is 9.59 Å². The number of cyclic esters (lactones) is 1. The second-order valence-electron chi connectivity index (χ2n) is 10.8. The Morgan fingerprint density at radius 1 is 1.17 bits per heavy atom. The summed E-state index contributed by atoms with van der Waals surface area (Å²) in [6.45, 7) is 11.3. The number of carbonyl (C=O) groups is 4. The monoisotopic (exact) mass is 571 g/mol. The number of nitrogens with two attached hydrogens (primary N) is 1. The SMILES string of the molecule is C/C=C\CC(C/C=C\NC(=O)C(NC(=O)\C=C/C=C\C(C)=C\[C@H](C)[C@@H]1CC=C(OC)C(=O)O1)C(C)(C)C)OC(N)=O. The second-order valence-corrected chi connectivity index (χ2v) is 10.8. The van der Waals surface area contributed by atoms with Gasteiger partial charge in [-0.3, -0.25) is 9.59 Å². The lowest BCUT2D eigenvalue weighted by atomic mass is 9.86. The number of ether oxygens (including phenoxy) is 3. The van der Waals surface area contributed by atoms with E-state index >= 15 is 0 Å². The number of carbonyl (C=O) groups excluding carboxylic acids is 4. The zero-order chi connectivity index (χ0) is 31.0. The van der Waals surface area contributed by atoms with Gasteiger partial charge in [0.15, 0.2) is 5.76 Å². The van der Waals surface area contributed by atoms with Crippen LogP contribution in [0.2, 0.25) is 0 Å². The third kappa shape index (κ3) is 13.7. The lowest BCUT2D eigenvalue weighted by Crippen LogP contribution is -2.52. The van der Waals surface area contributed by atoms with Gasteiger partial charge in [-0.1, -0.05) is 75.8 Å². The van der Waals surface area contributed by atoms with Crippen LogP contribution >= 0.6 is 0 Å². The summed E-state index contributed by atoms with van der Waals surface area (Å²) in [4.78, 5) is 48.4. The van der Waals surface area contributed by atoms with Crippen LogP contribution in [0.1, 0.15) is 60.8 Å². The van der Waals surface area contributed by atoms with Crippen LogP contribution in [0.5, 0.6) is 0 Å². The molecule has 0 spiro atoms. The van der Waals surface area contributed by atoms with Crippen molar-refractivity contribution in [1.82, 2.24) is 10.6 Å². The fraction of sp³-hybridized carbons (Fsp3) is 0.484. The molecule has 226 valence electrons. The van der Waals surface area contributed by atoms with Gasteiger partial charge in [0.05, 0.1) is 7.11 Å². The van der Waals surface area contributed by atoms with Gasteiger partial charge in [0.2, 0.25) is 11.8 Å². The Bertz CT molecular complexity index is 1090. The molecule has 0 saturated heterocycles. The number of methoxy groups -OCH3 is 1. The van der Waals surface area contributed by atoms with E-state index in [2.05, 4.69) is 10.6 Å². The van der Waals surface area contributed by atoms with Crippen molar-refractivity contribution >= 4 is 23.9 Å². The van der Waals surface area contributed by atoms with Gasteiger partial charge in [-0.15, -0.1) is 0 Å².